The second-order valence-electron chi connectivity index (χ2n) is 10.3. The lowest BCUT2D eigenvalue weighted by Gasteiger charge is -2.28. The molecule has 0 bridgehead atoms. The molecule has 5 heterocycles. The molecule has 1 aliphatic carbocycles. The van der Waals surface area contributed by atoms with Gasteiger partial charge in [0.2, 0.25) is 5.91 Å². The fourth-order valence-electron chi connectivity index (χ4n) is 5.59. The van der Waals surface area contributed by atoms with Gasteiger partial charge in [0, 0.05) is 48.7 Å². The van der Waals surface area contributed by atoms with Gasteiger partial charge in [0.25, 0.3) is 6.43 Å². The molecule has 1 amide bonds. The van der Waals surface area contributed by atoms with Gasteiger partial charge in [-0.15, -0.1) is 0 Å². The van der Waals surface area contributed by atoms with E-state index in [1.807, 2.05) is 12.1 Å². The lowest BCUT2D eigenvalue weighted by Crippen LogP contribution is -2.36. The summed E-state index contributed by atoms with van der Waals surface area (Å²) < 4.78 is 32.7. The molecule has 10 heteroatoms. The number of hydrogen-bond acceptors (Lipinski definition) is 7. The summed E-state index contributed by atoms with van der Waals surface area (Å²) in [5.74, 6) is 6.23. The highest BCUT2D eigenvalue weighted by atomic mass is 19.3. The summed E-state index contributed by atoms with van der Waals surface area (Å²) in [6.45, 7) is 4.91. The third-order valence-electron chi connectivity index (χ3n) is 7.79. The summed E-state index contributed by atoms with van der Waals surface area (Å²) in [5.41, 5.74) is 1.71. The predicted molar refractivity (Wildman–Crippen MR) is 139 cm³/mol. The third kappa shape index (κ3) is 4.79. The maximum Gasteiger partial charge on any atom is 0.281 e. The Morgan fingerprint density at radius 3 is 2.66 bits per heavy atom. The van der Waals surface area contributed by atoms with Crippen LogP contribution in [0.3, 0.4) is 0 Å². The minimum Gasteiger partial charge on any atom is -0.378 e. The molecule has 196 valence electrons. The van der Waals surface area contributed by atoms with Crippen molar-refractivity contribution in [1.82, 2.24) is 19.9 Å². The van der Waals surface area contributed by atoms with Crippen molar-refractivity contribution in [2.75, 3.05) is 56.7 Å². The fourth-order valence-corrected chi connectivity index (χ4v) is 5.59. The number of fused-ring (bicyclic) bond motifs is 1. The minimum atomic E-state index is -2.76. The van der Waals surface area contributed by atoms with E-state index in [1.165, 1.54) is 12.4 Å². The van der Waals surface area contributed by atoms with E-state index in [1.54, 1.807) is 12.3 Å². The van der Waals surface area contributed by atoms with Crippen LogP contribution in [-0.2, 0) is 9.53 Å². The molecule has 2 saturated heterocycles. The maximum atomic E-state index is 13.7. The van der Waals surface area contributed by atoms with Crippen molar-refractivity contribution in [2.45, 2.75) is 19.3 Å². The van der Waals surface area contributed by atoms with Crippen molar-refractivity contribution in [2.24, 2.45) is 11.3 Å². The molecule has 0 aromatic carbocycles. The summed E-state index contributed by atoms with van der Waals surface area (Å²) in [7, 11) is 2.07. The molecule has 1 spiro atoms. The Morgan fingerprint density at radius 2 is 1.95 bits per heavy atom. The van der Waals surface area contributed by atoms with Crippen LogP contribution in [-0.4, -0.2) is 72.2 Å². The fraction of sp³-hybridized carbons (Fsp3) is 0.429. The van der Waals surface area contributed by atoms with E-state index in [2.05, 4.69) is 49.0 Å². The molecule has 0 unspecified atom stereocenters. The quantitative estimate of drug-likeness (QED) is 0.530. The van der Waals surface area contributed by atoms with Gasteiger partial charge in [0.15, 0.2) is 0 Å². The molecule has 3 aliphatic rings. The molecule has 1 saturated carbocycles. The average Bonchev–Trinajstić information content (AvgIpc) is 3.52. The van der Waals surface area contributed by atoms with Gasteiger partial charge in [-0.1, -0.05) is 5.92 Å². The number of carbonyl (C=O) groups excluding carboxylic acids is 1. The van der Waals surface area contributed by atoms with Crippen molar-refractivity contribution in [3.63, 3.8) is 0 Å². The number of nitrogens with one attached hydrogen (secondary N) is 1. The van der Waals surface area contributed by atoms with E-state index in [0.717, 1.165) is 44.7 Å². The highest BCUT2D eigenvalue weighted by Gasteiger charge is 2.60. The Hall–Kier alpha value is -3.68. The Balaban J connectivity index is 1.25. The van der Waals surface area contributed by atoms with E-state index in [-0.39, 0.29) is 28.3 Å². The number of pyridine rings is 3. The van der Waals surface area contributed by atoms with Crippen molar-refractivity contribution in [3.8, 4) is 11.8 Å². The van der Waals surface area contributed by atoms with Crippen LogP contribution in [0.1, 0.15) is 36.2 Å². The lowest BCUT2D eigenvalue weighted by molar-refractivity contribution is -0.118. The summed E-state index contributed by atoms with van der Waals surface area (Å²) in [6, 6.07) is 5.40. The number of halogens is 2. The largest absolute Gasteiger partial charge is 0.378 e. The summed E-state index contributed by atoms with van der Waals surface area (Å²) >= 11 is 0. The number of morpholine rings is 1. The Labute approximate surface area is 219 Å². The highest BCUT2D eigenvalue weighted by Crippen LogP contribution is 2.58. The highest BCUT2D eigenvalue weighted by molar-refractivity contribution is 5.97. The predicted octanol–water partition coefficient (Wildman–Crippen LogP) is 3.48. The van der Waals surface area contributed by atoms with Crippen LogP contribution < -0.4 is 10.2 Å². The van der Waals surface area contributed by atoms with E-state index in [4.69, 9.17) is 4.74 Å². The molecule has 2 aliphatic heterocycles. The van der Waals surface area contributed by atoms with E-state index >= 15 is 0 Å². The molecule has 0 radical (unpaired) electrons. The number of likely N-dealkylation sites (tertiary alicyclic amines) is 1. The normalized spacial score (nSPS) is 23.1. The van der Waals surface area contributed by atoms with Gasteiger partial charge in [-0.25, -0.2) is 18.7 Å². The first-order valence-electron chi connectivity index (χ1n) is 12.8. The number of hydrogen-bond donors (Lipinski definition) is 1. The lowest BCUT2D eigenvalue weighted by atomic mass is 10.0. The van der Waals surface area contributed by atoms with E-state index in [0.29, 0.717) is 35.7 Å². The second-order valence-corrected chi connectivity index (χ2v) is 10.3. The molecule has 6 rings (SSSR count). The summed E-state index contributed by atoms with van der Waals surface area (Å²) in [4.78, 5) is 30.0. The average molecular weight is 519 g/mol. The van der Waals surface area contributed by atoms with Gasteiger partial charge < -0.3 is 19.9 Å². The van der Waals surface area contributed by atoms with E-state index < -0.39 is 6.43 Å². The van der Waals surface area contributed by atoms with Crippen molar-refractivity contribution in [1.29, 1.82) is 0 Å². The van der Waals surface area contributed by atoms with Crippen molar-refractivity contribution >= 4 is 28.2 Å². The van der Waals surface area contributed by atoms with Gasteiger partial charge in [0.1, 0.15) is 17.2 Å². The number of nitrogens with zero attached hydrogens (tertiary/aromatic N) is 5. The number of amides is 1. The first-order chi connectivity index (χ1) is 18.4. The van der Waals surface area contributed by atoms with Crippen LogP contribution in [0.5, 0.6) is 0 Å². The van der Waals surface area contributed by atoms with Crippen LogP contribution in [0.2, 0.25) is 0 Å². The Morgan fingerprint density at radius 1 is 1.11 bits per heavy atom. The van der Waals surface area contributed by atoms with Crippen molar-refractivity contribution < 1.29 is 18.3 Å². The van der Waals surface area contributed by atoms with Crippen molar-refractivity contribution in [3.05, 3.63) is 53.7 Å². The van der Waals surface area contributed by atoms with Crippen LogP contribution in [0, 0.1) is 23.2 Å². The van der Waals surface area contributed by atoms with Crippen LogP contribution >= 0.6 is 0 Å². The minimum absolute atomic E-state index is 0.0511. The van der Waals surface area contributed by atoms with Gasteiger partial charge in [-0.05, 0) is 56.0 Å². The third-order valence-corrected chi connectivity index (χ3v) is 7.79. The van der Waals surface area contributed by atoms with Crippen LogP contribution in [0.25, 0.3) is 10.8 Å². The molecule has 3 aromatic rings. The first kappa shape index (κ1) is 24.6. The zero-order valence-corrected chi connectivity index (χ0v) is 21.1. The SMILES string of the molecule is CN1CC[C@]2(C[C@H]2C(=O)Nc2cc3c(C#Cc4ccc(N5CCOCC5)cn4)cnc(C(F)F)c3cn2)C1. The van der Waals surface area contributed by atoms with Gasteiger partial charge in [-0.2, -0.15) is 0 Å². The molecule has 2 atom stereocenters. The summed E-state index contributed by atoms with van der Waals surface area (Å²) in [6.07, 6.45) is 3.57. The number of ether oxygens (including phenoxy) is 1. The Kier molecular flexibility index (Phi) is 6.41. The monoisotopic (exact) mass is 518 g/mol. The van der Waals surface area contributed by atoms with Gasteiger partial charge >= 0.3 is 0 Å². The molecule has 1 N–H and O–H groups in total. The second kappa shape index (κ2) is 9.89. The smallest absolute Gasteiger partial charge is 0.281 e. The molecular formula is C28H28F2N6O2. The van der Waals surface area contributed by atoms with Gasteiger partial charge in [-0.3, -0.25) is 9.78 Å². The maximum absolute atomic E-state index is 13.7. The number of carbonyl (C=O) groups is 1. The molecule has 8 nitrogen and oxygen atoms in total. The Bertz CT molecular complexity index is 1430. The van der Waals surface area contributed by atoms with Crippen LogP contribution in [0.15, 0.2) is 36.8 Å². The molecular weight excluding hydrogens is 490 g/mol. The number of anilines is 2. The zero-order valence-electron chi connectivity index (χ0n) is 21.1. The van der Waals surface area contributed by atoms with E-state index in [9.17, 15) is 13.6 Å². The topological polar surface area (TPSA) is 83.5 Å². The molecule has 38 heavy (non-hydrogen) atoms. The molecule has 3 aromatic heterocycles. The standard InChI is InChI=1S/C28H28F2N6O2/c1-35-7-6-28(17-35)13-23(28)27(37)34-24-12-21-18(14-33-25(26(29)30)22(21)16-32-24)2-3-19-4-5-20(15-31-19)36-8-10-38-11-9-36/h4-5,12,14-16,23,26H,6-11,13,17H2,1H3,(H,32,34,37)/t23-,28-/m0/s1. The number of alkyl halides is 2. The zero-order chi connectivity index (χ0) is 26.3. The van der Waals surface area contributed by atoms with Gasteiger partial charge in [0.05, 0.1) is 30.7 Å². The van der Waals surface area contributed by atoms with Crippen LogP contribution in [0.4, 0.5) is 20.3 Å². The first-order valence-corrected chi connectivity index (χ1v) is 12.8. The molecule has 3 fully saturated rings. The summed E-state index contributed by atoms with van der Waals surface area (Å²) in [5, 5.41) is 3.57. The number of aromatic nitrogens is 3. The number of rotatable bonds is 4.